The van der Waals surface area contributed by atoms with Gasteiger partial charge in [0.2, 0.25) is 5.91 Å². The fraction of sp³-hybridized carbons (Fsp3) is 0.591. The number of nitriles is 1. The summed E-state index contributed by atoms with van der Waals surface area (Å²) in [6.45, 7) is 6.43. The Morgan fingerprint density at radius 3 is 2.65 bits per heavy atom. The number of alkyl halides is 3. The fourth-order valence-corrected chi connectivity index (χ4v) is 3.30. The van der Waals surface area contributed by atoms with E-state index in [-0.39, 0.29) is 28.7 Å². The third kappa shape index (κ3) is 6.36. The zero-order valence-electron chi connectivity index (χ0n) is 18.3. The van der Waals surface area contributed by atoms with E-state index in [4.69, 9.17) is 14.5 Å². The average molecular weight is 439 g/mol. The van der Waals surface area contributed by atoms with Crippen molar-refractivity contribution in [2.24, 2.45) is 5.41 Å². The van der Waals surface area contributed by atoms with Gasteiger partial charge in [-0.2, -0.15) is 18.4 Å². The highest BCUT2D eigenvalue weighted by Gasteiger charge is 2.37. The second-order valence-electron chi connectivity index (χ2n) is 8.39. The van der Waals surface area contributed by atoms with Crippen LogP contribution in [0.3, 0.4) is 0 Å². The topological polar surface area (TPSA) is 79.4 Å². The van der Waals surface area contributed by atoms with Gasteiger partial charge in [0, 0.05) is 32.0 Å². The minimum absolute atomic E-state index is 0.0466. The molecule has 0 radical (unpaired) electrons. The van der Waals surface area contributed by atoms with E-state index in [1.54, 1.807) is 11.9 Å². The van der Waals surface area contributed by atoms with Crippen molar-refractivity contribution in [1.82, 2.24) is 10.1 Å². The molecule has 1 amide bonds. The molecule has 1 aromatic heterocycles. The number of aryl methyl sites for hydroxylation is 1. The van der Waals surface area contributed by atoms with Gasteiger partial charge in [0.25, 0.3) is 0 Å². The lowest BCUT2D eigenvalue weighted by molar-refractivity contribution is -0.141. The van der Waals surface area contributed by atoms with Gasteiger partial charge in [0.1, 0.15) is 5.75 Å². The Morgan fingerprint density at radius 1 is 1.32 bits per heavy atom. The highest BCUT2D eigenvalue weighted by atomic mass is 19.4. The van der Waals surface area contributed by atoms with Crippen LogP contribution in [0.5, 0.6) is 5.75 Å². The maximum atomic E-state index is 13.1. The molecule has 0 atom stereocenters. The van der Waals surface area contributed by atoms with E-state index in [1.807, 2.05) is 20.8 Å². The minimum atomic E-state index is -4.59. The van der Waals surface area contributed by atoms with E-state index in [0.717, 1.165) is 0 Å². The Kier molecular flexibility index (Phi) is 7.93. The summed E-state index contributed by atoms with van der Waals surface area (Å²) in [5.74, 6) is 0.415. The van der Waals surface area contributed by atoms with E-state index >= 15 is 0 Å². The zero-order chi connectivity index (χ0) is 23.2. The number of halogens is 3. The molecule has 0 saturated heterocycles. The number of fused-ring (bicyclic) bond motifs is 1. The summed E-state index contributed by atoms with van der Waals surface area (Å²) in [7, 11) is 1.70. The number of nitrogens with zero attached hydrogens (tertiary/aromatic N) is 3. The largest absolute Gasteiger partial charge is 0.493 e. The molecule has 0 aliphatic carbocycles. The predicted octanol–water partition coefficient (Wildman–Crippen LogP) is 5.36. The highest BCUT2D eigenvalue weighted by molar-refractivity contribution is 5.85. The van der Waals surface area contributed by atoms with E-state index in [0.29, 0.717) is 50.1 Å². The van der Waals surface area contributed by atoms with Crippen molar-refractivity contribution in [2.45, 2.75) is 59.1 Å². The number of benzene rings is 1. The van der Waals surface area contributed by atoms with Gasteiger partial charge in [-0.15, -0.1) is 0 Å². The number of hydrogen-bond donors (Lipinski definition) is 0. The molecule has 0 aliphatic rings. The first-order valence-electron chi connectivity index (χ1n) is 10.2. The van der Waals surface area contributed by atoms with Gasteiger partial charge in [-0.1, -0.05) is 32.3 Å². The minimum Gasteiger partial charge on any atom is -0.493 e. The number of carbonyl (C=O) groups is 1. The summed E-state index contributed by atoms with van der Waals surface area (Å²) in [6.07, 6.45) is -2.26. The normalized spacial score (nSPS) is 12.1. The van der Waals surface area contributed by atoms with Gasteiger partial charge in [-0.25, -0.2) is 0 Å². The van der Waals surface area contributed by atoms with Gasteiger partial charge in [-0.3, -0.25) is 4.79 Å². The molecule has 0 bridgehead atoms. The van der Waals surface area contributed by atoms with Gasteiger partial charge < -0.3 is 14.2 Å². The molecule has 31 heavy (non-hydrogen) atoms. The van der Waals surface area contributed by atoms with Crippen LogP contribution >= 0.6 is 0 Å². The van der Waals surface area contributed by atoms with E-state index in [1.165, 1.54) is 12.1 Å². The fourth-order valence-electron chi connectivity index (χ4n) is 3.30. The molecular weight excluding hydrogens is 411 g/mol. The Labute approximate surface area is 179 Å². The number of carbonyl (C=O) groups excluding carboxylic acids is 1. The van der Waals surface area contributed by atoms with Crippen molar-refractivity contribution in [1.29, 1.82) is 5.26 Å². The molecule has 0 spiro atoms. The maximum absolute atomic E-state index is 13.1. The third-order valence-corrected chi connectivity index (χ3v) is 4.98. The monoisotopic (exact) mass is 439 g/mol. The Bertz CT molecular complexity index is 945. The van der Waals surface area contributed by atoms with Crippen molar-refractivity contribution in [3.63, 3.8) is 0 Å². The van der Waals surface area contributed by atoms with Crippen LogP contribution in [-0.4, -0.2) is 36.2 Å². The summed E-state index contributed by atoms with van der Waals surface area (Å²) < 4.78 is 50.1. The lowest BCUT2D eigenvalue weighted by Crippen LogP contribution is -2.32. The molecular formula is C22H28F3N3O3. The molecule has 0 N–H and O–H groups in total. The van der Waals surface area contributed by atoms with Crippen molar-refractivity contribution in [3.05, 3.63) is 23.4 Å². The average Bonchev–Trinajstić information content (AvgIpc) is 3.10. The van der Waals surface area contributed by atoms with Crippen LogP contribution in [0.1, 0.15) is 57.7 Å². The molecule has 170 valence electrons. The molecule has 0 saturated carbocycles. The van der Waals surface area contributed by atoms with Gasteiger partial charge in [0.15, 0.2) is 11.3 Å². The molecule has 0 aliphatic heterocycles. The third-order valence-electron chi connectivity index (χ3n) is 4.98. The van der Waals surface area contributed by atoms with Crippen LogP contribution in [0.4, 0.5) is 13.2 Å². The second kappa shape index (κ2) is 10.0. The molecule has 2 rings (SSSR count). The van der Waals surface area contributed by atoms with Crippen LogP contribution in [0.15, 0.2) is 16.7 Å². The number of ether oxygens (including phenoxy) is 1. The summed E-state index contributed by atoms with van der Waals surface area (Å²) in [4.78, 5) is 13.9. The summed E-state index contributed by atoms with van der Waals surface area (Å²) >= 11 is 0. The summed E-state index contributed by atoms with van der Waals surface area (Å²) in [6, 6.07) is 4.92. The molecule has 6 nitrogen and oxygen atoms in total. The molecule has 9 heteroatoms. The molecule has 1 aromatic carbocycles. The standard InChI is InChI=1S/C22H28F3N3O3/c1-5-7-15-17(9-8-16-19(15)31-27-20(16)22(23,24)25)30-13-6-12-28(4)18(29)14-21(2,3)10-11-26/h8-9H,5-7,10,12-14H2,1-4H3. The van der Waals surface area contributed by atoms with E-state index in [9.17, 15) is 18.0 Å². The summed E-state index contributed by atoms with van der Waals surface area (Å²) in [5.41, 5.74) is -0.761. The first-order valence-corrected chi connectivity index (χ1v) is 10.2. The maximum Gasteiger partial charge on any atom is 0.437 e. The molecule has 1 heterocycles. The van der Waals surface area contributed by atoms with Crippen molar-refractivity contribution in [3.8, 4) is 11.8 Å². The Balaban J connectivity index is 2.01. The zero-order valence-corrected chi connectivity index (χ0v) is 18.3. The van der Waals surface area contributed by atoms with E-state index < -0.39 is 11.9 Å². The lowest BCUT2D eigenvalue weighted by atomic mass is 9.86. The van der Waals surface area contributed by atoms with Crippen LogP contribution in [0.2, 0.25) is 0 Å². The molecule has 2 aromatic rings. The Morgan fingerprint density at radius 2 is 2.03 bits per heavy atom. The van der Waals surface area contributed by atoms with Gasteiger partial charge in [-0.05, 0) is 30.4 Å². The first kappa shape index (κ1) is 24.5. The first-order chi connectivity index (χ1) is 14.5. The van der Waals surface area contributed by atoms with Crippen LogP contribution in [-0.2, 0) is 17.4 Å². The molecule has 0 unspecified atom stereocenters. The quantitative estimate of drug-likeness (QED) is 0.466. The second-order valence-corrected chi connectivity index (χ2v) is 8.39. The van der Waals surface area contributed by atoms with Crippen molar-refractivity contribution >= 4 is 16.9 Å². The SMILES string of the molecule is CCCc1c(OCCCN(C)C(=O)CC(C)(C)CC#N)ccc2c(C(F)(F)F)noc12. The van der Waals surface area contributed by atoms with E-state index in [2.05, 4.69) is 11.2 Å². The highest BCUT2D eigenvalue weighted by Crippen LogP contribution is 2.38. The van der Waals surface area contributed by atoms with Crippen LogP contribution in [0, 0.1) is 16.7 Å². The number of rotatable bonds is 10. The number of hydrogen-bond acceptors (Lipinski definition) is 5. The lowest BCUT2D eigenvalue weighted by Gasteiger charge is -2.24. The molecule has 0 fully saturated rings. The van der Waals surface area contributed by atoms with Gasteiger partial charge >= 0.3 is 6.18 Å². The predicted molar refractivity (Wildman–Crippen MR) is 109 cm³/mol. The summed E-state index contributed by atoms with van der Waals surface area (Å²) in [5, 5.41) is 12.0. The number of aromatic nitrogens is 1. The Hall–Kier alpha value is -2.76. The van der Waals surface area contributed by atoms with Crippen molar-refractivity contribution in [2.75, 3.05) is 20.2 Å². The smallest absolute Gasteiger partial charge is 0.437 e. The van der Waals surface area contributed by atoms with Gasteiger partial charge in [0.05, 0.1) is 18.1 Å². The van der Waals surface area contributed by atoms with Crippen LogP contribution in [0.25, 0.3) is 11.0 Å². The van der Waals surface area contributed by atoms with Crippen LogP contribution < -0.4 is 4.74 Å². The number of amides is 1. The van der Waals surface area contributed by atoms with Crippen molar-refractivity contribution < 1.29 is 27.2 Å².